The van der Waals surface area contributed by atoms with Gasteiger partial charge in [-0.2, -0.15) is 4.31 Å². The summed E-state index contributed by atoms with van der Waals surface area (Å²) in [7, 11) is -0.703. The normalized spacial score (nSPS) is 19.9. The van der Waals surface area contributed by atoms with E-state index in [0.717, 1.165) is 24.5 Å². The number of hydrogen-bond acceptors (Lipinski definition) is 6. The van der Waals surface area contributed by atoms with Gasteiger partial charge < -0.3 is 14.4 Å². The molecule has 0 spiro atoms. The van der Waals surface area contributed by atoms with Crippen molar-refractivity contribution < 1.29 is 27.1 Å². The Morgan fingerprint density at radius 2 is 1.76 bits per heavy atom. The predicted molar refractivity (Wildman–Crippen MR) is 125 cm³/mol. The molecular formula is C24H30FN3O5S. The summed E-state index contributed by atoms with van der Waals surface area (Å²) in [6.45, 7) is 2.11. The van der Waals surface area contributed by atoms with Crippen LogP contribution in [0.15, 0.2) is 47.4 Å². The smallest absolute Gasteiger partial charge is 0.246 e. The Hall–Kier alpha value is -2.69. The summed E-state index contributed by atoms with van der Waals surface area (Å²) in [6.07, 6.45) is 1.75. The topological polar surface area (TPSA) is 79.4 Å². The number of hydrogen-bond donors (Lipinski definition) is 0. The minimum Gasteiger partial charge on any atom is -0.497 e. The van der Waals surface area contributed by atoms with E-state index in [0.29, 0.717) is 31.1 Å². The van der Waals surface area contributed by atoms with Crippen molar-refractivity contribution in [1.82, 2.24) is 14.1 Å². The third-order valence-electron chi connectivity index (χ3n) is 6.52. The molecule has 0 aliphatic carbocycles. The van der Waals surface area contributed by atoms with E-state index in [9.17, 15) is 17.6 Å². The van der Waals surface area contributed by atoms with Gasteiger partial charge in [0.05, 0.1) is 26.8 Å². The van der Waals surface area contributed by atoms with Crippen LogP contribution in [0, 0.1) is 5.82 Å². The molecule has 0 aromatic heterocycles. The highest BCUT2D eigenvalue weighted by molar-refractivity contribution is 7.89. The summed E-state index contributed by atoms with van der Waals surface area (Å²) < 4.78 is 51.8. The molecule has 2 aromatic rings. The van der Waals surface area contributed by atoms with Gasteiger partial charge in [-0.25, -0.2) is 12.8 Å². The second kappa shape index (κ2) is 10.3. The summed E-state index contributed by atoms with van der Waals surface area (Å²) in [5.74, 6) is 0.635. The van der Waals surface area contributed by atoms with E-state index in [1.165, 1.54) is 22.5 Å². The Morgan fingerprint density at radius 3 is 2.44 bits per heavy atom. The fraction of sp³-hybridized carbons (Fsp3) is 0.458. The van der Waals surface area contributed by atoms with Crippen molar-refractivity contribution in [3.8, 4) is 11.5 Å². The van der Waals surface area contributed by atoms with Gasteiger partial charge in [-0.1, -0.05) is 12.1 Å². The summed E-state index contributed by atoms with van der Waals surface area (Å²) in [4.78, 5) is 16.7. The average molecular weight is 492 g/mol. The van der Waals surface area contributed by atoms with Crippen LogP contribution < -0.4 is 9.47 Å². The van der Waals surface area contributed by atoms with Crippen LogP contribution in [0.5, 0.6) is 11.5 Å². The van der Waals surface area contributed by atoms with Gasteiger partial charge in [-0.05, 0) is 37.1 Å². The number of likely N-dealkylation sites (tertiary alicyclic amines) is 1. The zero-order chi connectivity index (χ0) is 24.3. The quantitative estimate of drug-likeness (QED) is 0.592. The number of methoxy groups -OCH3 is 2. The summed E-state index contributed by atoms with van der Waals surface area (Å²) in [5.41, 5.74) is 0.954. The molecule has 0 radical (unpaired) electrons. The monoisotopic (exact) mass is 491 g/mol. The Labute approximate surface area is 199 Å². The van der Waals surface area contributed by atoms with E-state index in [4.69, 9.17) is 9.47 Å². The van der Waals surface area contributed by atoms with Crippen LogP contribution in [0.2, 0.25) is 0 Å². The molecule has 2 fully saturated rings. The number of ether oxygens (including phenoxy) is 2. The molecule has 2 aliphatic rings. The first-order valence-electron chi connectivity index (χ1n) is 11.3. The van der Waals surface area contributed by atoms with E-state index in [2.05, 4.69) is 0 Å². The molecule has 184 valence electrons. The van der Waals surface area contributed by atoms with Gasteiger partial charge in [0, 0.05) is 44.4 Å². The van der Waals surface area contributed by atoms with Crippen LogP contribution >= 0.6 is 0 Å². The molecular weight excluding hydrogens is 461 g/mol. The molecule has 2 heterocycles. The second-order valence-corrected chi connectivity index (χ2v) is 10.4. The van der Waals surface area contributed by atoms with Gasteiger partial charge in [0.1, 0.15) is 22.2 Å². The third kappa shape index (κ3) is 4.89. The highest BCUT2D eigenvalue weighted by Crippen LogP contribution is 2.38. The first kappa shape index (κ1) is 24.4. The molecule has 4 rings (SSSR count). The number of piperazine rings is 1. The van der Waals surface area contributed by atoms with Gasteiger partial charge in [0.25, 0.3) is 0 Å². The first-order chi connectivity index (χ1) is 16.3. The van der Waals surface area contributed by atoms with Crippen LogP contribution in [-0.2, 0) is 14.8 Å². The number of amides is 1. The number of rotatable bonds is 7. The predicted octanol–water partition coefficient (Wildman–Crippen LogP) is 2.51. The molecule has 2 saturated heterocycles. The number of sulfonamides is 1. The molecule has 1 atom stereocenters. The Morgan fingerprint density at radius 1 is 1.03 bits per heavy atom. The van der Waals surface area contributed by atoms with E-state index in [1.54, 1.807) is 14.2 Å². The zero-order valence-corrected chi connectivity index (χ0v) is 20.3. The van der Waals surface area contributed by atoms with Crippen LogP contribution in [0.4, 0.5) is 4.39 Å². The van der Waals surface area contributed by atoms with E-state index in [-0.39, 0.29) is 36.5 Å². The zero-order valence-electron chi connectivity index (χ0n) is 19.4. The van der Waals surface area contributed by atoms with Crippen LogP contribution in [0.25, 0.3) is 0 Å². The fourth-order valence-electron chi connectivity index (χ4n) is 4.69. The highest BCUT2D eigenvalue weighted by Gasteiger charge is 2.35. The second-order valence-electron chi connectivity index (χ2n) is 8.46. The molecule has 0 bridgehead atoms. The van der Waals surface area contributed by atoms with Gasteiger partial charge in [0.2, 0.25) is 15.9 Å². The minimum atomic E-state index is -3.91. The van der Waals surface area contributed by atoms with Gasteiger partial charge >= 0.3 is 0 Å². The molecule has 0 saturated carbocycles. The van der Waals surface area contributed by atoms with Crippen molar-refractivity contribution in [2.24, 2.45) is 0 Å². The first-order valence-corrected chi connectivity index (χ1v) is 12.8. The number of carbonyl (C=O) groups excluding carboxylic acids is 1. The minimum absolute atomic E-state index is 0.00535. The summed E-state index contributed by atoms with van der Waals surface area (Å²) >= 11 is 0. The van der Waals surface area contributed by atoms with Crippen LogP contribution in [0.1, 0.15) is 24.4 Å². The fourth-order valence-corrected chi connectivity index (χ4v) is 6.17. The van der Waals surface area contributed by atoms with E-state index >= 15 is 0 Å². The van der Waals surface area contributed by atoms with Gasteiger partial charge in [-0.3, -0.25) is 9.69 Å². The Bertz CT molecular complexity index is 1140. The molecule has 1 amide bonds. The van der Waals surface area contributed by atoms with Crippen molar-refractivity contribution >= 4 is 15.9 Å². The van der Waals surface area contributed by atoms with E-state index < -0.39 is 15.8 Å². The molecule has 34 heavy (non-hydrogen) atoms. The maximum atomic E-state index is 14.1. The van der Waals surface area contributed by atoms with Gasteiger partial charge in [0.15, 0.2) is 0 Å². The summed E-state index contributed by atoms with van der Waals surface area (Å²) in [6, 6.07) is 11.0. The molecule has 2 aliphatic heterocycles. The number of nitrogens with zero attached hydrogens (tertiary/aromatic N) is 3. The number of halogens is 1. The van der Waals surface area contributed by atoms with Crippen LogP contribution in [0.3, 0.4) is 0 Å². The highest BCUT2D eigenvalue weighted by atomic mass is 32.2. The van der Waals surface area contributed by atoms with Gasteiger partial charge in [-0.15, -0.1) is 0 Å². The van der Waals surface area contributed by atoms with Crippen molar-refractivity contribution in [1.29, 1.82) is 0 Å². The van der Waals surface area contributed by atoms with Crippen LogP contribution in [-0.4, -0.2) is 81.9 Å². The Balaban J connectivity index is 1.39. The maximum Gasteiger partial charge on any atom is 0.246 e. The Kier molecular flexibility index (Phi) is 7.39. The number of benzene rings is 2. The number of carbonyl (C=O) groups is 1. The SMILES string of the molecule is COc1ccc(C2CCCN2C(=O)CN2CCN(S(=O)(=O)c3ccccc3F)CC2)c(OC)c1. The lowest BCUT2D eigenvalue weighted by atomic mass is 10.0. The maximum absolute atomic E-state index is 14.1. The van der Waals surface area contributed by atoms with Crippen molar-refractivity contribution in [2.45, 2.75) is 23.8 Å². The van der Waals surface area contributed by atoms with Crippen molar-refractivity contribution in [3.05, 3.63) is 53.8 Å². The van der Waals surface area contributed by atoms with Crippen molar-refractivity contribution in [3.63, 3.8) is 0 Å². The largest absolute Gasteiger partial charge is 0.497 e. The summed E-state index contributed by atoms with van der Waals surface area (Å²) in [5, 5.41) is 0. The lowest BCUT2D eigenvalue weighted by Gasteiger charge is -2.35. The van der Waals surface area contributed by atoms with Crippen molar-refractivity contribution in [2.75, 3.05) is 53.5 Å². The molecule has 10 heteroatoms. The lowest BCUT2D eigenvalue weighted by molar-refractivity contribution is -0.133. The molecule has 1 unspecified atom stereocenters. The molecule has 2 aromatic carbocycles. The average Bonchev–Trinajstić information content (AvgIpc) is 3.34. The standard InChI is InChI=1S/C24H30FN3O5S/c1-32-18-9-10-19(22(16-18)33-2)21-7-5-11-28(21)24(29)17-26-12-14-27(15-13-26)34(30,31)23-8-4-3-6-20(23)25/h3-4,6,8-10,16,21H,5,7,11-15,17H2,1-2H3. The van der Waals surface area contributed by atoms with E-state index in [1.807, 2.05) is 28.0 Å². The molecule has 0 N–H and O–H groups in total. The lowest BCUT2D eigenvalue weighted by Crippen LogP contribution is -2.51. The molecule has 8 nitrogen and oxygen atoms in total. The third-order valence-corrected chi connectivity index (χ3v) is 8.45.